The standard InChI is InChI=1S/C14H15N5O2S/c1-9(11-4-3-5-22-11)17-12(20)7-19-8-15-13-10(14(19)21)6-16-18(13)2/h3-6,8-9H,7H2,1-2H3,(H,17,20). The van der Waals surface area contributed by atoms with Crippen LogP contribution in [0.1, 0.15) is 17.8 Å². The lowest BCUT2D eigenvalue weighted by Crippen LogP contribution is -2.33. The molecule has 1 N–H and O–H groups in total. The maximum atomic E-state index is 12.3. The van der Waals surface area contributed by atoms with E-state index in [2.05, 4.69) is 15.4 Å². The summed E-state index contributed by atoms with van der Waals surface area (Å²) in [5, 5.41) is 9.24. The molecule has 7 nitrogen and oxygen atoms in total. The molecule has 0 fully saturated rings. The van der Waals surface area contributed by atoms with Crippen molar-refractivity contribution < 1.29 is 4.79 Å². The van der Waals surface area contributed by atoms with Gasteiger partial charge in [0.25, 0.3) is 5.56 Å². The summed E-state index contributed by atoms with van der Waals surface area (Å²) in [5.41, 5.74) is 0.241. The second-order valence-electron chi connectivity index (χ2n) is 4.99. The van der Waals surface area contributed by atoms with Gasteiger partial charge >= 0.3 is 0 Å². The van der Waals surface area contributed by atoms with Crippen LogP contribution in [0.2, 0.25) is 0 Å². The van der Waals surface area contributed by atoms with Crippen molar-refractivity contribution in [3.63, 3.8) is 0 Å². The maximum Gasteiger partial charge on any atom is 0.264 e. The zero-order chi connectivity index (χ0) is 15.7. The Morgan fingerprint density at radius 1 is 1.50 bits per heavy atom. The molecule has 114 valence electrons. The summed E-state index contributed by atoms with van der Waals surface area (Å²) >= 11 is 1.58. The lowest BCUT2D eigenvalue weighted by molar-refractivity contribution is -0.122. The quantitative estimate of drug-likeness (QED) is 0.780. The highest BCUT2D eigenvalue weighted by Crippen LogP contribution is 2.17. The summed E-state index contributed by atoms with van der Waals surface area (Å²) in [6.45, 7) is 1.85. The van der Waals surface area contributed by atoms with E-state index in [1.165, 1.54) is 21.8 Å². The molecule has 1 amide bonds. The molecule has 0 radical (unpaired) electrons. The minimum Gasteiger partial charge on any atom is -0.347 e. The number of hydrogen-bond acceptors (Lipinski definition) is 5. The Morgan fingerprint density at radius 2 is 2.32 bits per heavy atom. The Balaban J connectivity index is 1.77. The van der Waals surface area contributed by atoms with Gasteiger partial charge in [-0.1, -0.05) is 6.07 Å². The van der Waals surface area contributed by atoms with Gasteiger partial charge in [0, 0.05) is 11.9 Å². The molecule has 22 heavy (non-hydrogen) atoms. The van der Waals surface area contributed by atoms with Gasteiger partial charge in [-0.05, 0) is 18.4 Å². The number of aryl methyl sites for hydroxylation is 1. The van der Waals surface area contributed by atoms with Crippen LogP contribution in [0.5, 0.6) is 0 Å². The highest BCUT2D eigenvalue weighted by molar-refractivity contribution is 7.10. The van der Waals surface area contributed by atoms with Crippen LogP contribution >= 0.6 is 11.3 Å². The van der Waals surface area contributed by atoms with E-state index in [1.807, 2.05) is 24.4 Å². The SMILES string of the molecule is CC(NC(=O)Cn1cnc2c(cnn2C)c1=O)c1cccs1. The smallest absolute Gasteiger partial charge is 0.264 e. The molecule has 0 aliphatic rings. The lowest BCUT2D eigenvalue weighted by atomic mass is 10.3. The summed E-state index contributed by atoms with van der Waals surface area (Å²) in [6, 6.07) is 3.82. The van der Waals surface area contributed by atoms with E-state index in [4.69, 9.17) is 0 Å². The van der Waals surface area contributed by atoms with Gasteiger partial charge in [-0.15, -0.1) is 11.3 Å². The largest absolute Gasteiger partial charge is 0.347 e. The second kappa shape index (κ2) is 5.72. The van der Waals surface area contributed by atoms with Crippen molar-refractivity contribution in [1.82, 2.24) is 24.6 Å². The first-order valence-electron chi connectivity index (χ1n) is 6.76. The maximum absolute atomic E-state index is 12.3. The molecule has 3 rings (SSSR count). The predicted molar refractivity (Wildman–Crippen MR) is 83.6 cm³/mol. The molecule has 0 aliphatic heterocycles. The third-order valence-corrected chi connectivity index (χ3v) is 4.43. The normalized spacial score (nSPS) is 12.5. The number of aromatic nitrogens is 4. The third kappa shape index (κ3) is 2.64. The van der Waals surface area contributed by atoms with Gasteiger partial charge in [0.05, 0.1) is 12.2 Å². The number of thiophene rings is 1. The van der Waals surface area contributed by atoms with Crippen molar-refractivity contribution in [2.24, 2.45) is 7.05 Å². The van der Waals surface area contributed by atoms with E-state index in [9.17, 15) is 9.59 Å². The number of amides is 1. The number of nitrogens with one attached hydrogen (secondary N) is 1. The zero-order valence-corrected chi connectivity index (χ0v) is 13.0. The van der Waals surface area contributed by atoms with Crippen LogP contribution in [0.15, 0.2) is 34.8 Å². The molecule has 0 spiro atoms. The zero-order valence-electron chi connectivity index (χ0n) is 12.2. The van der Waals surface area contributed by atoms with Gasteiger partial charge in [-0.2, -0.15) is 5.10 Å². The fourth-order valence-corrected chi connectivity index (χ4v) is 2.96. The molecule has 0 saturated carbocycles. The van der Waals surface area contributed by atoms with Crippen molar-refractivity contribution in [1.29, 1.82) is 0 Å². The van der Waals surface area contributed by atoms with Crippen LogP contribution in [-0.4, -0.2) is 25.2 Å². The lowest BCUT2D eigenvalue weighted by Gasteiger charge is -2.12. The minimum atomic E-state index is -0.267. The summed E-state index contributed by atoms with van der Waals surface area (Å²) in [6.07, 6.45) is 2.84. The Kier molecular flexibility index (Phi) is 3.76. The molecule has 0 aliphatic carbocycles. The fourth-order valence-electron chi connectivity index (χ4n) is 2.23. The molecule has 1 unspecified atom stereocenters. The van der Waals surface area contributed by atoms with E-state index < -0.39 is 0 Å². The molecule has 3 heterocycles. The Morgan fingerprint density at radius 3 is 3.05 bits per heavy atom. The van der Waals surface area contributed by atoms with Crippen molar-refractivity contribution in [3.05, 3.63) is 45.3 Å². The average Bonchev–Trinajstić information content (AvgIpc) is 3.12. The minimum absolute atomic E-state index is 0.0631. The Bertz CT molecular complexity index is 865. The van der Waals surface area contributed by atoms with Crippen LogP contribution < -0.4 is 10.9 Å². The van der Waals surface area contributed by atoms with E-state index in [-0.39, 0.29) is 24.1 Å². The molecule has 3 aromatic heterocycles. The van der Waals surface area contributed by atoms with Gasteiger partial charge < -0.3 is 5.32 Å². The van der Waals surface area contributed by atoms with Gasteiger partial charge in [0.15, 0.2) is 5.65 Å². The van der Waals surface area contributed by atoms with Gasteiger partial charge in [-0.3, -0.25) is 18.8 Å². The van der Waals surface area contributed by atoms with Crippen molar-refractivity contribution >= 4 is 28.3 Å². The van der Waals surface area contributed by atoms with Gasteiger partial charge in [0.1, 0.15) is 18.3 Å². The summed E-state index contributed by atoms with van der Waals surface area (Å²) in [7, 11) is 1.72. The van der Waals surface area contributed by atoms with Gasteiger partial charge in [0.2, 0.25) is 5.91 Å². The molecule has 0 saturated heterocycles. The number of hydrogen-bond donors (Lipinski definition) is 1. The summed E-state index contributed by atoms with van der Waals surface area (Å²) in [4.78, 5) is 29.6. The molecule has 0 aromatic carbocycles. The van der Waals surface area contributed by atoms with Crippen LogP contribution in [-0.2, 0) is 18.4 Å². The predicted octanol–water partition coefficient (Wildman–Crippen LogP) is 1.07. The summed E-state index contributed by atoms with van der Waals surface area (Å²) < 4.78 is 2.82. The first kappa shape index (κ1) is 14.5. The van der Waals surface area contributed by atoms with Crippen molar-refractivity contribution in [2.75, 3.05) is 0 Å². The van der Waals surface area contributed by atoms with Crippen LogP contribution in [0, 0.1) is 0 Å². The van der Waals surface area contributed by atoms with E-state index in [0.29, 0.717) is 11.0 Å². The first-order valence-corrected chi connectivity index (χ1v) is 7.64. The molecular formula is C14H15N5O2S. The molecule has 3 aromatic rings. The van der Waals surface area contributed by atoms with Crippen molar-refractivity contribution in [2.45, 2.75) is 19.5 Å². The van der Waals surface area contributed by atoms with E-state index in [0.717, 1.165) is 4.88 Å². The molecular weight excluding hydrogens is 302 g/mol. The number of rotatable bonds is 4. The monoisotopic (exact) mass is 317 g/mol. The van der Waals surface area contributed by atoms with Crippen LogP contribution in [0.4, 0.5) is 0 Å². The Labute approximate surface area is 130 Å². The number of nitrogens with zero attached hydrogens (tertiary/aromatic N) is 4. The number of carbonyl (C=O) groups is 1. The molecule has 8 heteroatoms. The first-order chi connectivity index (χ1) is 10.6. The van der Waals surface area contributed by atoms with E-state index in [1.54, 1.807) is 18.4 Å². The molecule has 1 atom stereocenters. The van der Waals surface area contributed by atoms with Gasteiger partial charge in [-0.25, -0.2) is 4.98 Å². The fraction of sp³-hybridized carbons (Fsp3) is 0.286. The highest BCUT2D eigenvalue weighted by Gasteiger charge is 2.13. The van der Waals surface area contributed by atoms with Crippen LogP contribution in [0.25, 0.3) is 11.0 Å². The number of fused-ring (bicyclic) bond motifs is 1. The Hall–Kier alpha value is -2.48. The van der Waals surface area contributed by atoms with E-state index >= 15 is 0 Å². The van der Waals surface area contributed by atoms with Crippen molar-refractivity contribution in [3.8, 4) is 0 Å². The number of carbonyl (C=O) groups excluding carboxylic acids is 1. The average molecular weight is 317 g/mol. The highest BCUT2D eigenvalue weighted by atomic mass is 32.1. The third-order valence-electron chi connectivity index (χ3n) is 3.38. The topological polar surface area (TPSA) is 81.8 Å². The second-order valence-corrected chi connectivity index (χ2v) is 5.97. The van der Waals surface area contributed by atoms with Crippen LogP contribution in [0.3, 0.4) is 0 Å². The molecule has 0 bridgehead atoms. The summed E-state index contributed by atoms with van der Waals surface area (Å²) in [5.74, 6) is -0.229.